The number of benzene rings is 2. The number of rotatable bonds is 5. The molecule has 4 N–H and O–H groups in total. The van der Waals surface area contributed by atoms with Crippen LogP contribution in [0.25, 0.3) is 11.1 Å². The molecule has 25 heavy (non-hydrogen) atoms. The minimum atomic E-state index is -1.45. The maximum absolute atomic E-state index is 11.2. The Morgan fingerprint density at radius 3 is 1.08 bits per heavy atom. The summed E-state index contributed by atoms with van der Waals surface area (Å²) in [6.45, 7) is 0. The second-order valence-electron chi connectivity index (χ2n) is 4.74. The van der Waals surface area contributed by atoms with E-state index < -0.39 is 46.1 Å². The van der Waals surface area contributed by atoms with Gasteiger partial charge in [-0.25, -0.2) is 19.2 Å². The predicted octanol–water partition coefficient (Wildman–Crippen LogP) is -0.737. The zero-order chi connectivity index (χ0) is 18.0. The molecule has 0 aliphatic rings. The first-order valence-electron chi connectivity index (χ1n) is 6.44. The van der Waals surface area contributed by atoms with E-state index in [0.29, 0.717) is 0 Å². The molecule has 0 unspecified atom stereocenters. The van der Waals surface area contributed by atoms with Crippen molar-refractivity contribution in [3.63, 3.8) is 0 Å². The molecule has 0 fully saturated rings. The van der Waals surface area contributed by atoms with Gasteiger partial charge >= 0.3 is 53.4 Å². The second kappa shape index (κ2) is 7.93. The molecule has 8 nitrogen and oxygen atoms in total. The van der Waals surface area contributed by atoms with Gasteiger partial charge in [-0.05, 0) is 35.4 Å². The average molecular weight is 354 g/mol. The van der Waals surface area contributed by atoms with Crippen LogP contribution in [0.2, 0.25) is 0 Å². The van der Waals surface area contributed by atoms with Crippen molar-refractivity contribution in [2.75, 3.05) is 0 Å². The molecule has 0 bridgehead atoms. The summed E-state index contributed by atoms with van der Waals surface area (Å²) in [5.41, 5.74) is -1.24. The van der Waals surface area contributed by atoms with E-state index in [-0.39, 0.29) is 42.1 Å². The Hall–Kier alpha value is -2.68. The molecular formula is C16H11NaO8. The summed E-state index contributed by atoms with van der Waals surface area (Å²) in [5, 5.41) is 36.2. The Morgan fingerprint density at radius 1 is 0.560 bits per heavy atom. The fraction of sp³-hybridized carbons (Fsp3) is 0. The topological polar surface area (TPSA) is 149 Å². The predicted molar refractivity (Wildman–Crippen MR) is 80.8 cm³/mol. The molecule has 0 saturated heterocycles. The van der Waals surface area contributed by atoms with Gasteiger partial charge in [-0.2, -0.15) is 0 Å². The smallest absolute Gasteiger partial charge is 1.00 e. The molecule has 0 aliphatic carbocycles. The molecule has 2 aromatic carbocycles. The number of hydrogen-bond donors (Lipinski definition) is 4. The monoisotopic (exact) mass is 354 g/mol. The van der Waals surface area contributed by atoms with Crippen LogP contribution in [-0.2, 0) is 0 Å². The summed E-state index contributed by atoms with van der Waals surface area (Å²) in [5.74, 6) is -5.72. The SMILES string of the molecule is O=C(O)c1ccc(-c2ccc(C(=O)O)c(C(=O)O)c2)cc1C(=O)O.[H-].[Na+]. The maximum atomic E-state index is 11.2. The summed E-state index contributed by atoms with van der Waals surface area (Å²) < 4.78 is 0. The van der Waals surface area contributed by atoms with Crippen LogP contribution in [0, 0.1) is 0 Å². The van der Waals surface area contributed by atoms with E-state index in [4.69, 9.17) is 20.4 Å². The zero-order valence-corrected chi connectivity index (χ0v) is 14.9. The van der Waals surface area contributed by atoms with E-state index in [0.717, 1.165) is 24.3 Å². The molecule has 0 aromatic heterocycles. The summed E-state index contributed by atoms with van der Waals surface area (Å²) >= 11 is 0. The molecule has 0 saturated carbocycles. The minimum absolute atomic E-state index is 0. The molecule has 2 rings (SSSR count). The Balaban J connectivity index is 0.00000312. The molecule has 0 heterocycles. The quantitative estimate of drug-likeness (QED) is 0.513. The molecule has 0 amide bonds. The Morgan fingerprint density at radius 2 is 0.840 bits per heavy atom. The molecule has 2 aromatic rings. The van der Waals surface area contributed by atoms with Crippen LogP contribution in [0.5, 0.6) is 0 Å². The van der Waals surface area contributed by atoms with Crippen LogP contribution in [0.3, 0.4) is 0 Å². The van der Waals surface area contributed by atoms with Gasteiger partial charge in [0.1, 0.15) is 0 Å². The average Bonchev–Trinajstić information content (AvgIpc) is 2.53. The fourth-order valence-corrected chi connectivity index (χ4v) is 2.17. The van der Waals surface area contributed by atoms with E-state index in [1.165, 1.54) is 12.1 Å². The normalized spacial score (nSPS) is 9.76. The van der Waals surface area contributed by atoms with Crippen LogP contribution < -0.4 is 29.6 Å². The van der Waals surface area contributed by atoms with Gasteiger partial charge in [-0.15, -0.1) is 0 Å². The van der Waals surface area contributed by atoms with Gasteiger partial charge in [0, 0.05) is 0 Å². The minimum Gasteiger partial charge on any atom is -1.00 e. The van der Waals surface area contributed by atoms with Crippen LogP contribution in [0.4, 0.5) is 0 Å². The van der Waals surface area contributed by atoms with E-state index in [1.54, 1.807) is 0 Å². The van der Waals surface area contributed by atoms with Crippen molar-refractivity contribution in [3.05, 3.63) is 58.7 Å². The molecular weight excluding hydrogens is 343 g/mol. The van der Waals surface area contributed by atoms with Gasteiger partial charge in [0.15, 0.2) is 0 Å². The third kappa shape index (κ3) is 4.24. The third-order valence-electron chi connectivity index (χ3n) is 3.29. The van der Waals surface area contributed by atoms with Crippen molar-refractivity contribution >= 4 is 23.9 Å². The third-order valence-corrected chi connectivity index (χ3v) is 3.29. The standard InChI is InChI=1S/C16H10O8.Na.H/c17-13(18)9-3-1-7(5-11(9)15(21)22)8-2-4-10(14(19)20)12(6-8)16(23)24;;/h1-6H,(H,17,18)(H,19,20)(H,21,22)(H,23,24);;/q;+1;-1. The summed E-state index contributed by atoms with van der Waals surface area (Å²) in [6.07, 6.45) is 0. The number of carbonyl (C=O) groups is 4. The largest absolute Gasteiger partial charge is 1.00 e. The Bertz CT molecular complexity index is 820. The first kappa shape index (κ1) is 20.4. The molecule has 0 spiro atoms. The number of hydrogen-bond acceptors (Lipinski definition) is 4. The fourth-order valence-electron chi connectivity index (χ4n) is 2.17. The van der Waals surface area contributed by atoms with Gasteiger partial charge in [-0.3, -0.25) is 0 Å². The van der Waals surface area contributed by atoms with E-state index in [1.807, 2.05) is 0 Å². The molecule has 124 valence electrons. The number of carboxylic acid groups (broad SMARTS) is 4. The van der Waals surface area contributed by atoms with Crippen LogP contribution in [0.15, 0.2) is 36.4 Å². The maximum Gasteiger partial charge on any atom is 1.00 e. The van der Waals surface area contributed by atoms with Gasteiger partial charge in [0.05, 0.1) is 22.3 Å². The second-order valence-corrected chi connectivity index (χ2v) is 4.74. The molecule has 0 radical (unpaired) electrons. The molecule has 0 atom stereocenters. The van der Waals surface area contributed by atoms with Crippen molar-refractivity contribution in [2.45, 2.75) is 0 Å². The van der Waals surface area contributed by atoms with Crippen molar-refractivity contribution < 1.29 is 70.6 Å². The van der Waals surface area contributed by atoms with E-state index in [2.05, 4.69) is 0 Å². The Labute approximate surface area is 164 Å². The van der Waals surface area contributed by atoms with Crippen LogP contribution in [-0.4, -0.2) is 44.3 Å². The van der Waals surface area contributed by atoms with Crippen molar-refractivity contribution in [1.82, 2.24) is 0 Å². The van der Waals surface area contributed by atoms with Crippen molar-refractivity contribution in [3.8, 4) is 11.1 Å². The summed E-state index contributed by atoms with van der Waals surface area (Å²) in [4.78, 5) is 44.4. The van der Waals surface area contributed by atoms with Gasteiger partial charge in [-0.1, -0.05) is 12.1 Å². The van der Waals surface area contributed by atoms with E-state index in [9.17, 15) is 19.2 Å². The zero-order valence-electron chi connectivity index (χ0n) is 13.9. The molecule has 0 aliphatic heterocycles. The molecule has 9 heteroatoms. The van der Waals surface area contributed by atoms with Crippen LogP contribution >= 0.6 is 0 Å². The van der Waals surface area contributed by atoms with Gasteiger partial charge < -0.3 is 21.9 Å². The first-order valence-corrected chi connectivity index (χ1v) is 6.44. The summed E-state index contributed by atoms with van der Waals surface area (Å²) in [7, 11) is 0. The van der Waals surface area contributed by atoms with Crippen molar-refractivity contribution in [2.24, 2.45) is 0 Å². The Kier molecular flexibility index (Phi) is 6.46. The van der Waals surface area contributed by atoms with Crippen LogP contribution in [0.1, 0.15) is 42.9 Å². The first-order chi connectivity index (χ1) is 11.2. The van der Waals surface area contributed by atoms with E-state index >= 15 is 0 Å². The van der Waals surface area contributed by atoms with Crippen molar-refractivity contribution in [1.29, 1.82) is 0 Å². The van der Waals surface area contributed by atoms with Gasteiger partial charge in [0.2, 0.25) is 0 Å². The van der Waals surface area contributed by atoms with Gasteiger partial charge in [0.25, 0.3) is 0 Å². The number of carboxylic acids is 4. The number of aromatic carboxylic acids is 4. The summed E-state index contributed by atoms with van der Waals surface area (Å²) in [6, 6.07) is 6.99.